The van der Waals surface area contributed by atoms with Crippen LogP contribution < -0.4 is 0 Å². The van der Waals surface area contributed by atoms with Crippen LogP contribution in [0, 0.1) is 25.5 Å². The number of hydrogen-bond donors (Lipinski definition) is 0. The Hall–Kier alpha value is -2.03. The Morgan fingerprint density at radius 2 is 1.63 bits per heavy atom. The lowest BCUT2D eigenvalue weighted by Crippen LogP contribution is -2.06. The van der Waals surface area contributed by atoms with Gasteiger partial charge in [0, 0.05) is 18.1 Å². The van der Waals surface area contributed by atoms with Gasteiger partial charge in [0.15, 0.2) is 5.78 Å². The summed E-state index contributed by atoms with van der Waals surface area (Å²) >= 11 is 0. The predicted molar refractivity (Wildman–Crippen MR) is 70.3 cm³/mol. The molecule has 0 aliphatic heterocycles. The number of benzene rings is 2. The summed E-state index contributed by atoms with van der Waals surface area (Å²) in [7, 11) is 0. The van der Waals surface area contributed by atoms with Crippen molar-refractivity contribution in [2.24, 2.45) is 0 Å². The highest BCUT2D eigenvalue weighted by atomic mass is 19.1. The molecule has 0 unspecified atom stereocenters. The molecule has 98 valence electrons. The molecule has 0 aliphatic carbocycles. The molecular formula is C16H14F2O. The third-order valence-electron chi connectivity index (χ3n) is 2.98. The molecule has 2 rings (SSSR count). The molecule has 0 heterocycles. The maximum absolute atomic E-state index is 13.1. The first kappa shape index (κ1) is 13.4. The number of carbonyl (C=O) groups excluding carboxylic acids is 1. The summed E-state index contributed by atoms with van der Waals surface area (Å²) in [6.45, 7) is 3.75. The van der Waals surface area contributed by atoms with Crippen LogP contribution in [0.5, 0.6) is 0 Å². The lowest BCUT2D eigenvalue weighted by Gasteiger charge is -2.07. The number of ketones is 1. The lowest BCUT2D eigenvalue weighted by atomic mass is 9.97. The van der Waals surface area contributed by atoms with E-state index in [0.29, 0.717) is 11.1 Å². The van der Waals surface area contributed by atoms with E-state index in [0.717, 1.165) is 17.2 Å². The number of aryl methyl sites for hydroxylation is 2. The zero-order valence-electron chi connectivity index (χ0n) is 10.8. The molecule has 0 spiro atoms. The Morgan fingerprint density at radius 3 is 2.26 bits per heavy atom. The average Bonchev–Trinajstić information content (AvgIpc) is 2.30. The molecule has 0 atom stereocenters. The fraction of sp³-hybridized carbons (Fsp3) is 0.188. The van der Waals surface area contributed by atoms with Gasteiger partial charge in [0.05, 0.1) is 0 Å². The van der Waals surface area contributed by atoms with Gasteiger partial charge in [0.25, 0.3) is 0 Å². The molecule has 19 heavy (non-hydrogen) atoms. The second-order valence-electron chi connectivity index (χ2n) is 4.70. The predicted octanol–water partition coefficient (Wildman–Crippen LogP) is 4.01. The molecule has 0 saturated carbocycles. The van der Waals surface area contributed by atoms with Crippen LogP contribution in [0.25, 0.3) is 0 Å². The van der Waals surface area contributed by atoms with Crippen molar-refractivity contribution in [3.05, 3.63) is 70.3 Å². The van der Waals surface area contributed by atoms with Gasteiger partial charge in [-0.05, 0) is 43.2 Å². The van der Waals surface area contributed by atoms with Crippen LogP contribution in [0.2, 0.25) is 0 Å². The van der Waals surface area contributed by atoms with E-state index in [1.807, 2.05) is 26.0 Å². The minimum absolute atomic E-state index is 0.00102. The van der Waals surface area contributed by atoms with Gasteiger partial charge in [-0.1, -0.05) is 17.7 Å². The molecule has 0 aliphatic rings. The van der Waals surface area contributed by atoms with Crippen molar-refractivity contribution in [1.82, 2.24) is 0 Å². The highest BCUT2D eigenvalue weighted by molar-refractivity contribution is 5.98. The van der Waals surface area contributed by atoms with Crippen LogP contribution in [0.3, 0.4) is 0 Å². The molecule has 0 amide bonds. The van der Waals surface area contributed by atoms with Crippen LogP contribution >= 0.6 is 0 Å². The normalized spacial score (nSPS) is 10.5. The van der Waals surface area contributed by atoms with Crippen LogP contribution in [0.4, 0.5) is 8.78 Å². The molecule has 1 nitrogen and oxygen atoms in total. The molecule has 2 aromatic carbocycles. The van der Waals surface area contributed by atoms with Gasteiger partial charge >= 0.3 is 0 Å². The fourth-order valence-corrected chi connectivity index (χ4v) is 2.03. The molecular weight excluding hydrogens is 246 g/mol. The van der Waals surface area contributed by atoms with Crippen LogP contribution in [-0.4, -0.2) is 5.78 Å². The first-order chi connectivity index (χ1) is 8.95. The largest absolute Gasteiger partial charge is 0.294 e. The SMILES string of the molecule is Cc1ccc(C)c(C(=O)Cc2cc(F)cc(F)c2)c1. The molecule has 3 heteroatoms. The van der Waals surface area contributed by atoms with Gasteiger partial charge in [-0.3, -0.25) is 4.79 Å². The maximum atomic E-state index is 13.1. The molecule has 0 N–H and O–H groups in total. The van der Waals surface area contributed by atoms with Crippen molar-refractivity contribution in [2.75, 3.05) is 0 Å². The van der Waals surface area contributed by atoms with Crippen molar-refractivity contribution in [1.29, 1.82) is 0 Å². The second kappa shape index (κ2) is 5.31. The van der Waals surface area contributed by atoms with Gasteiger partial charge in [0.1, 0.15) is 11.6 Å². The minimum atomic E-state index is -0.663. The minimum Gasteiger partial charge on any atom is -0.294 e. The summed E-state index contributed by atoms with van der Waals surface area (Å²) in [5.41, 5.74) is 2.81. The molecule has 0 radical (unpaired) electrons. The summed E-state index contributed by atoms with van der Waals surface area (Å²) in [6.07, 6.45) is -0.00102. The van der Waals surface area contributed by atoms with Gasteiger partial charge in [0.2, 0.25) is 0 Å². The Labute approximate surface area is 110 Å². The van der Waals surface area contributed by atoms with Gasteiger partial charge < -0.3 is 0 Å². The Kier molecular flexibility index (Phi) is 3.74. The topological polar surface area (TPSA) is 17.1 Å². The first-order valence-corrected chi connectivity index (χ1v) is 6.01. The third kappa shape index (κ3) is 3.25. The Bertz CT molecular complexity index is 612. The monoisotopic (exact) mass is 260 g/mol. The van der Waals surface area contributed by atoms with E-state index >= 15 is 0 Å². The zero-order valence-corrected chi connectivity index (χ0v) is 10.8. The van der Waals surface area contributed by atoms with Crippen molar-refractivity contribution >= 4 is 5.78 Å². The van der Waals surface area contributed by atoms with Gasteiger partial charge in [-0.2, -0.15) is 0 Å². The molecule has 0 fully saturated rings. The van der Waals surface area contributed by atoms with Gasteiger partial charge in [-0.25, -0.2) is 8.78 Å². The Morgan fingerprint density at radius 1 is 1.00 bits per heavy atom. The van der Waals surface area contributed by atoms with E-state index in [2.05, 4.69) is 0 Å². The van der Waals surface area contributed by atoms with Crippen molar-refractivity contribution < 1.29 is 13.6 Å². The van der Waals surface area contributed by atoms with Crippen molar-refractivity contribution in [3.8, 4) is 0 Å². The molecule has 0 aromatic heterocycles. The smallest absolute Gasteiger partial charge is 0.167 e. The van der Waals surface area contributed by atoms with Crippen molar-refractivity contribution in [3.63, 3.8) is 0 Å². The number of halogens is 2. The standard InChI is InChI=1S/C16H14F2O/c1-10-3-4-11(2)15(5-10)16(19)8-12-6-13(17)9-14(18)7-12/h3-7,9H,8H2,1-2H3. The van der Waals surface area contributed by atoms with Crippen LogP contribution in [0.1, 0.15) is 27.0 Å². The summed E-state index contributed by atoms with van der Waals surface area (Å²) in [6, 6.07) is 8.76. The van der Waals surface area contributed by atoms with E-state index < -0.39 is 11.6 Å². The van der Waals surface area contributed by atoms with E-state index in [9.17, 15) is 13.6 Å². The van der Waals surface area contributed by atoms with E-state index in [1.54, 1.807) is 6.07 Å². The number of hydrogen-bond acceptors (Lipinski definition) is 1. The highest BCUT2D eigenvalue weighted by Crippen LogP contribution is 2.15. The molecule has 2 aromatic rings. The van der Waals surface area contributed by atoms with Crippen molar-refractivity contribution in [2.45, 2.75) is 20.3 Å². The first-order valence-electron chi connectivity index (χ1n) is 6.01. The highest BCUT2D eigenvalue weighted by Gasteiger charge is 2.11. The zero-order chi connectivity index (χ0) is 14.0. The number of rotatable bonds is 3. The summed E-state index contributed by atoms with van der Waals surface area (Å²) in [5.74, 6) is -1.46. The number of Topliss-reactive ketones (excluding diaryl/α,β-unsaturated/α-hetero) is 1. The summed E-state index contributed by atoms with van der Waals surface area (Å²) in [5, 5.41) is 0. The fourth-order valence-electron chi connectivity index (χ4n) is 2.03. The maximum Gasteiger partial charge on any atom is 0.167 e. The van der Waals surface area contributed by atoms with E-state index in [-0.39, 0.29) is 12.2 Å². The lowest BCUT2D eigenvalue weighted by molar-refractivity contribution is 0.0992. The van der Waals surface area contributed by atoms with Gasteiger partial charge in [-0.15, -0.1) is 0 Å². The second-order valence-corrected chi connectivity index (χ2v) is 4.70. The third-order valence-corrected chi connectivity index (χ3v) is 2.98. The average molecular weight is 260 g/mol. The van der Waals surface area contributed by atoms with E-state index in [1.165, 1.54) is 12.1 Å². The Balaban J connectivity index is 2.28. The number of carbonyl (C=O) groups is 1. The summed E-state index contributed by atoms with van der Waals surface area (Å²) < 4.78 is 26.1. The van der Waals surface area contributed by atoms with Crippen LogP contribution in [0.15, 0.2) is 36.4 Å². The van der Waals surface area contributed by atoms with Crippen LogP contribution in [-0.2, 0) is 6.42 Å². The molecule has 0 saturated heterocycles. The van der Waals surface area contributed by atoms with E-state index in [4.69, 9.17) is 0 Å². The summed E-state index contributed by atoms with van der Waals surface area (Å²) in [4.78, 5) is 12.2. The quantitative estimate of drug-likeness (QED) is 0.762. The molecule has 0 bridgehead atoms.